The molecule has 0 saturated carbocycles. The van der Waals surface area contributed by atoms with Crippen molar-refractivity contribution >= 4 is 20.9 Å². The Morgan fingerprint density at radius 3 is 1.38 bits per heavy atom. The molecule has 0 aromatic carbocycles. The number of alkyl carbamates (subject to hydrolysis) is 1. The Morgan fingerprint density at radius 2 is 0.952 bits per heavy atom. The summed E-state index contributed by atoms with van der Waals surface area (Å²) in [4.78, 5) is 23.1. The van der Waals surface area contributed by atoms with Crippen LogP contribution in [0.3, 0.4) is 0 Å². The molecule has 0 aromatic heterocycles. The van der Waals surface area contributed by atoms with E-state index < -0.39 is 8.80 Å². The van der Waals surface area contributed by atoms with Gasteiger partial charge < -0.3 is 28.1 Å². The van der Waals surface area contributed by atoms with Gasteiger partial charge in [0.1, 0.15) is 0 Å². The molecule has 0 aromatic rings. The lowest BCUT2D eigenvalue weighted by atomic mass is 10.1. The number of carbonyl (C=O) groups is 2. The molecule has 0 unspecified atom stereocenters. The van der Waals surface area contributed by atoms with Gasteiger partial charge in [0, 0.05) is 38.0 Å². The topological polar surface area (TPSA) is 92.3 Å². The predicted molar refractivity (Wildman–Crippen MR) is 174 cm³/mol. The normalized spacial score (nSPS) is 11.4. The molecule has 0 aliphatic rings. The zero-order chi connectivity index (χ0) is 31.2. The summed E-state index contributed by atoms with van der Waals surface area (Å²) < 4.78 is 28.2. The molecule has 1 N–H and O–H groups in total. The standard InChI is InChI=1S/C33H65NO7Si/c1-6-39-42(40-7-2,41-8-3)30-26-22-18-14-10-13-17-21-25-29-38-33(36)34-27-23-19-15-11-9-12-16-20-24-28-37-32(35)31(4)5/h4,6-30H2,1-3,5H3,(H,34,36). The number of rotatable bonds is 31. The van der Waals surface area contributed by atoms with Gasteiger partial charge in [0.25, 0.3) is 0 Å². The van der Waals surface area contributed by atoms with Crippen molar-refractivity contribution in [2.45, 2.75) is 149 Å². The van der Waals surface area contributed by atoms with Crippen molar-refractivity contribution in [3.8, 4) is 0 Å². The zero-order valence-electron chi connectivity index (χ0n) is 27.7. The highest BCUT2D eigenvalue weighted by Crippen LogP contribution is 2.21. The summed E-state index contributed by atoms with van der Waals surface area (Å²) in [5.74, 6) is -0.291. The first-order chi connectivity index (χ1) is 20.4. The van der Waals surface area contributed by atoms with Gasteiger partial charge >= 0.3 is 20.9 Å². The highest BCUT2D eigenvalue weighted by molar-refractivity contribution is 6.60. The Kier molecular flexibility index (Phi) is 28.6. The fourth-order valence-corrected chi connectivity index (χ4v) is 7.53. The van der Waals surface area contributed by atoms with Gasteiger partial charge in [-0.05, 0) is 53.4 Å². The molecular weight excluding hydrogens is 550 g/mol. The first kappa shape index (κ1) is 40.6. The molecule has 0 bridgehead atoms. The van der Waals surface area contributed by atoms with Crippen molar-refractivity contribution in [3.05, 3.63) is 12.2 Å². The molecule has 0 heterocycles. The maximum Gasteiger partial charge on any atom is 0.500 e. The Bertz CT molecular complexity index is 645. The Balaban J connectivity index is 3.42. The van der Waals surface area contributed by atoms with E-state index in [1.807, 2.05) is 20.8 Å². The average Bonchev–Trinajstić information content (AvgIpc) is 2.96. The third-order valence-electron chi connectivity index (χ3n) is 7.13. The van der Waals surface area contributed by atoms with Crippen molar-refractivity contribution < 1.29 is 32.3 Å². The molecule has 0 radical (unpaired) electrons. The molecule has 0 saturated heterocycles. The number of amides is 1. The van der Waals surface area contributed by atoms with Crippen LogP contribution in [0.25, 0.3) is 0 Å². The molecule has 8 nitrogen and oxygen atoms in total. The first-order valence-corrected chi connectivity index (χ1v) is 19.0. The summed E-state index contributed by atoms with van der Waals surface area (Å²) in [5.41, 5.74) is 0.459. The largest absolute Gasteiger partial charge is 0.500 e. The molecule has 0 fully saturated rings. The van der Waals surface area contributed by atoms with E-state index in [2.05, 4.69) is 11.9 Å². The second-order valence-corrected chi connectivity index (χ2v) is 13.8. The van der Waals surface area contributed by atoms with Crippen LogP contribution >= 0.6 is 0 Å². The van der Waals surface area contributed by atoms with E-state index in [1.165, 1.54) is 70.6 Å². The van der Waals surface area contributed by atoms with Crippen molar-refractivity contribution in [2.75, 3.05) is 39.6 Å². The van der Waals surface area contributed by atoms with E-state index in [0.29, 0.717) is 45.2 Å². The number of carbonyl (C=O) groups excluding carboxylic acids is 2. The predicted octanol–water partition coefficient (Wildman–Crippen LogP) is 8.90. The number of hydrogen-bond donors (Lipinski definition) is 1. The smallest absolute Gasteiger partial charge is 0.462 e. The average molecular weight is 616 g/mol. The van der Waals surface area contributed by atoms with Crippen LogP contribution in [0.4, 0.5) is 4.79 Å². The molecule has 0 aliphatic heterocycles. The fourth-order valence-electron chi connectivity index (χ4n) is 4.84. The van der Waals surface area contributed by atoms with Gasteiger partial charge in [-0.2, -0.15) is 0 Å². The van der Waals surface area contributed by atoms with Crippen molar-refractivity contribution in [1.82, 2.24) is 5.32 Å². The molecule has 9 heteroatoms. The molecule has 1 amide bonds. The van der Waals surface area contributed by atoms with Gasteiger partial charge in [0.15, 0.2) is 0 Å². The van der Waals surface area contributed by atoms with Crippen LogP contribution in [0.1, 0.15) is 143 Å². The van der Waals surface area contributed by atoms with Crippen LogP contribution < -0.4 is 5.32 Å². The summed E-state index contributed by atoms with van der Waals surface area (Å²) in [6.07, 6.45) is 20.5. The summed E-state index contributed by atoms with van der Waals surface area (Å²) in [6.45, 7) is 14.9. The van der Waals surface area contributed by atoms with E-state index in [-0.39, 0.29) is 12.1 Å². The number of nitrogens with one attached hydrogen (secondary N) is 1. The van der Waals surface area contributed by atoms with E-state index in [4.69, 9.17) is 22.8 Å². The molecule has 0 spiro atoms. The van der Waals surface area contributed by atoms with E-state index in [0.717, 1.165) is 51.0 Å². The lowest BCUT2D eigenvalue weighted by Gasteiger charge is -2.28. The summed E-state index contributed by atoms with van der Waals surface area (Å²) in [7, 11) is -2.48. The molecule has 0 rings (SSSR count). The molecule has 42 heavy (non-hydrogen) atoms. The lowest BCUT2D eigenvalue weighted by molar-refractivity contribution is -0.139. The van der Waals surface area contributed by atoms with Crippen LogP contribution in [0, 0.1) is 0 Å². The van der Waals surface area contributed by atoms with Crippen LogP contribution in [-0.4, -0.2) is 60.4 Å². The molecule has 248 valence electrons. The third-order valence-corrected chi connectivity index (χ3v) is 10.3. The van der Waals surface area contributed by atoms with Crippen LogP contribution in [0.15, 0.2) is 12.2 Å². The van der Waals surface area contributed by atoms with E-state index in [9.17, 15) is 9.59 Å². The van der Waals surface area contributed by atoms with Crippen molar-refractivity contribution in [3.63, 3.8) is 0 Å². The highest BCUT2D eigenvalue weighted by atomic mass is 28.4. The molecule has 0 atom stereocenters. The SMILES string of the molecule is C=C(C)C(=O)OCCCCCCCCCCCNC(=O)OCCCCCCCCCCC[Si](OCC)(OCC)OCC. The molecular formula is C33H65NO7Si. The van der Waals surface area contributed by atoms with Gasteiger partial charge in [-0.1, -0.05) is 96.5 Å². The second kappa shape index (κ2) is 29.6. The van der Waals surface area contributed by atoms with Gasteiger partial charge in [-0.25, -0.2) is 9.59 Å². The van der Waals surface area contributed by atoms with E-state index >= 15 is 0 Å². The minimum atomic E-state index is -2.48. The number of ether oxygens (including phenoxy) is 2. The molecule has 0 aliphatic carbocycles. The first-order valence-electron chi connectivity index (χ1n) is 17.1. The quantitative estimate of drug-likeness (QED) is 0.0360. The fraction of sp³-hybridized carbons (Fsp3) is 0.879. The maximum atomic E-state index is 11.8. The number of unbranched alkanes of at least 4 members (excludes halogenated alkanes) is 16. The number of hydrogen-bond acceptors (Lipinski definition) is 7. The maximum absolute atomic E-state index is 11.8. The monoisotopic (exact) mass is 615 g/mol. The van der Waals surface area contributed by atoms with Gasteiger partial charge in [-0.3, -0.25) is 0 Å². The minimum Gasteiger partial charge on any atom is -0.462 e. The Morgan fingerprint density at radius 1 is 0.571 bits per heavy atom. The van der Waals surface area contributed by atoms with Crippen molar-refractivity contribution in [2.24, 2.45) is 0 Å². The summed E-state index contributed by atoms with van der Waals surface area (Å²) in [5, 5.41) is 2.87. The van der Waals surface area contributed by atoms with Crippen molar-refractivity contribution in [1.29, 1.82) is 0 Å². The van der Waals surface area contributed by atoms with Gasteiger partial charge in [0.2, 0.25) is 0 Å². The van der Waals surface area contributed by atoms with Gasteiger partial charge in [0.05, 0.1) is 13.2 Å². The minimum absolute atomic E-state index is 0.283. The lowest BCUT2D eigenvalue weighted by Crippen LogP contribution is -2.45. The van der Waals surface area contributed by atoms with Gasteiger partial charge in [-0.15, -0.1) is 0 Å². The van der Waals surface area contributed by atoms with E-state index in [1.54, 1.807) is 6.92 Å². The van der Waals surface area contributed by atoms with Crippen LogP contribution in [0.2, 0.25) is 6.04 Å². The highest BCUT2D eigenvalue weighted by Gasteiger charge is 2.39. The third kappa shape index (κ3) is 25.1. The Hall–Kier alpha value is -1.42. The van der Waals surface area contributed by atoms with Crippen LogP contribution in [0.5, 0.6) is 0 Å². The number of esters is 1. The van der Waals surface area contributed by atoms with Crippen LogP contribution in [-0.2, 0) is 27.5 Å². The zero-order valence-corrected chi connectivity index (χ0v) is 28.7. The Labute approximate surface area is 259 Å². The second-order valence-electron chi connectivity index (χ2n) is 11.1. The summed E-state index contributed by atoms with van der Waals surface area (Å²) >= 11 is 0. The summed E-state index contributed by atoms with van der Waals surface area (Å²) in [6, 6.07) is 0.914.